The monoisotopic (exact) mass is 385 g/mol. The van der Waals surface area contributed by atoms with Gasteiger partial charge in [0.1, 0.15) is 5.82 Å². The lowest BCUT2D eigenvalue weighted by atomic mass is 10.0. The first-order chi connectivity index (χ1) is 13.5. The van der Waals surface area contributed by atoms with Crippen molar-refractivity contribution in [2.24, 2.45) is 5.92 Å². The Balaban J connectivity index is 1.78. The van der Waals surface area contributed by atoms with Gasteiger partial charge in [0.15, 0.2) is 11.6 Å². The first-order valence-corrected chi connectivity index (χ1v) is 10.1. The van der Waals surface area contributed by atoms with Crippen LogP contribution in [0.1, 0.15) is 62.4 Å². The summed E-state index contributed by atoms with van der Waals surface area (Å²) in [5.41, 5.74) is 1.38. The summed E-state index contributed by atoms with van der Waals surface area (Å²) in [5, 5.41) is 12.0. The topological polar surface area (TPSA) is 76.2 Å². The molecular weight excluding hydrogens is 354 g/mol. The number of fused-ring (bicyclic) bond motifs is 1. The normalized spacial score (nSPS) is 16.7. The Morgan fingerprint density at radius 3 is 2.82 bits per heavy atom. The number of furan rings is 1. The fraction of sp³-hybridized carbons (Fsp3) is 0.571. The number of nitrogens with zero attached hydrogens (tertiary/aromatic N) is 4. The van der Waals surface area contributed by atoms with Crippen LogP contribution in [0.5, 0.6) is 0 Å². The van der Waals surface area contributed by atoms with E-state index in [4.69, 9.17) is 4.42 Å². The summed E-state index contributed by atoms with van der Waals surface area (Å²) in [4.78, 5) is 15.0. The van der Waals surface area contributed by atoms with Gasteiger partial charge in [-0.05, 0) is 38.3 Å². The Morgan fingerprint density at radius 1 is 1.32 bits per heavy atom. The van der Waals surface area contributed by atoms with Crippen molar-refractivity contribution in [2.45, 2.75) is 53.1 Å². The van der Waals surface area contributed by atoms with E-state index in [0.717, 1.165) is 50.7 Å². The van der Waals surface area contributed by atoms with Crippen molar-refractivity contribution in [3.8, 4) is 0 Å². The van der Waals surface area contributed by atoms with Crippen LogP contribution in [-0.4, -0.2) is 45.2 Å². The average Bonchev–Trinajstić information content (AvgIpc) is 3.29. The lowest BCUT2D eigenvalue weighted by molar-refractivity contribution is 0.0900. The van der Waals surface area contributed by atoms with E-state index in [9.17, 15) is 4.79 Å². The third kappa shape index (κ3) is 4.90. The molecule has 1 unspecified atom stereocenters. The van der Waals surface area contributed by atoms with Crippen LogP contribution < -0.4 is 5.32 Å². The minimum atomic E-state index is -0.216. The van der Waals surface area contributed by atoms with Crippen molar-refractivity contribution < 1.29 is 9.21 Å². The highest BCUT2D eigenvalue weighted by Crippen LogP contribution is 2.23. The third-order valence-electron chi connectivity index (χ3n) is 5.18. The van der Waals surface area contributed by atoms with Gasteiger partial charge in [0.2, 0.25) is 0 Å². The zero-order chi connectivity index (χ0) is 20.1. The minimum absolute atomic E-state index is 0.192. The molecule has 1 N–H and O–H groups in total. The molecule has 0 saturated heterocycles. The van der Waals surface area contributed by atoms with Gasteiger partial charge in [0.25, 0.3) is 5.91 Å². The molecule has 1 aliphatic rings. The number of amides is 1. The highest BCUT2D eigenvalue weighted by molar-refractivity contribution is 5.91. The maximum absolute atomic E-state index is 12.6. The smallest absolute Gasteiger partial charge is 0.287 e. The summed E-state index contributed by atoms with van der Waals surface area (Å²) in [5.74, 6) is 2.35. The quantitative estimate of drug-likeness (QED) is 0.741. The van der Waals surface area contributed by atoms with Crippen molar-refractivity contribution >= 4 is 5.91 Å². The van der Waals surface area contributed by atoms with Gasteiger partial charge in [0, 0.05) is 32.6 Å². The fourth-order valence-electron chi connectivity index (χ4n) is 3.59. The second kappa shape index (κ2) is 9.19. The number of aromatic nitrogens is 3. The molecule has 1 atom stereocenters. The van der Waals surface area contributed by atoms with E-state index in [2.05, 4.69) is 58.8 Å². The number of nitrogens with one attached hydrogen (secondary N) is 1. The molecule has 2 aromatic rings. The molecule has 0 spiro atoms. The minimum Gasteiger partial charge on any atom is -0.459 e. The molecule has 1 aliphatic heterocycles. The lowest BCUT2D eigenvalue weighted by Gasteiger charge is -2.22. The van der Waals surface area contributed by atoms with Gasteiger partial charge in [-0.3, -0.25) is 9.69 Å². The maximum Gasteiger partial charge on any atom is 0.287 e. The maximum atomic E-state index is 12.6. The first kappa shape index (κ1) is 20.3. The molecule has 7 heteroatoms. The molecule has 3 heterocycles. The van der Waals surface area contributed by atoms with Crippen LogP contribution >= 0.6 is 0 Å². The Kier molecular flexibility index (Phi) is 6.67. The molecule has 0 radical (unpaired) electrons. The van der Waals surface area contributed by atoms with E-state index < -0.39 is 0 Å². The summed E-state index contributed by atoms with van der Waals surface area (Å²) in [6.45, 7) is 12.3. The molecule has 3 rings (SSSR count). The number of hydrogen-bond acceptors (Lipinski definition) is 5. The van der Waals surface area contributed by atoms with Gasteiger partial charge in [-0.2, -0.15) is 0 Å². The molecule has 0 fully saturated rings. The van der Waals surface area contributed by atoms with E-state index >= 15 is 0 Å². The second-order valence-corrected chi connectivity index (χ2v) is 7.92. The molecule has 2 aromatic heterocycles. The molecule has 0 bridgehead atoms. The van der Waals surface area contributed by atoms with Gasteiger partial charge < -0.3 is 14.3 Å². The van der Waals surface area contributed by atoms with Crippen molar-refractivity contribution in [1.82, 2.24) is 25.0 Å². The van der Waals surface area contributed by atoms with E-state index in [1.165, 1.54) is 11.8 Å². The molecule has 1 amide bonds. The van der Waals surface area contributed by atoms with Gasteiger partial charge in [-0.25, -0.2) is 0 Å². The van der Waals surface area contributed by atoms with Gasteiger partial charge in [-0.1, -0.05) is 25.5 Å². The predicted molar refractivity (Wildman–Crippen MR) is 108 cm³/mol. The summed E-state index contributed by atoms with van der Waals surface area (Å²) in [6, 6.07) is 3.20. The van der Waals surface area contributed by atoms with Gasteiger partial charge >= 0.3 is 0 Å². The Labute approximate surface area is 166 Å². The zero-order valence-corrected chi connectivity index (χ0v) is 17.3. The highest BCUT2D eigenvalue weighted by Gasteiger charge is 2.26. The predicted octanol–water partition coefficient (Wildman–Crippen LogP) is 3.21. The summed E-state index contributed by atoms with van der Waals surface area (Å²) < 4.78 is 7.44. The van der Waals surface area contributed by atoms with Crippen molar-refractivity contribution in [3.63, 3.8) is 0 Å². The van der Waals surface area contributed by atoms with E-state index in [0.29, 0.717) is 11.7 Å². The number of rotatable bonds is 7. The molecular formula is C21H31N5O2. The Morgan fingerprint density at radius 2 is 2.14 bits per heavy atom. The molecule has 152 valence electrons. The summed E-state index contributed by atoms with van der Waals surface area (Å²) >= 11 is 0. The summed E-state index contributed by atoms with van der Waals surface area (Å²) in [7, 11) is 0. The van der Waals surface area contributed by atoms with E-state index in [-0.39, 0.29) is 11.9 Å². The average molecular weight is 386 g/mol. The van der Waals surface area contributed by atoms with Crippen molar-refractivity contribution in [2.75, 3.05) is 19.6 Å². The van der Waals surface area contributed by atoms with Crippen LogP contribution in [-0.2, 0) is 13.0 Å². The van der Waals surface area contributed by atoms with Crippen LogP contribution in [0.25, 0.3) is 0 Å². The first-order valence-electron chi connectivity index (χ1n) is 10.1. The third-order valence-corrected chi connectivity index (χ3v) is 5.18. The lowest BCUT2D eigenvalue weighted by Crippen LogP contribution is -2.32. The fourth-order valence-corrected chi connectivity index (χ4v) is 3.59. The van der Waals surface area contributed by atoms with Crippen molar-refractivity contribution in [1.29, 1.82) is 0 Å². The van der Waals surface area contributed by atoms with Crippen LogP contribution in [0.4, 0.5) is 0 Å². The number of hydrogen-bond donors (Lipinski definition) is 1. The van der Waals surface area contributed by atoms with Crippen LogP contribution in [0, 0.1) is 5.92 Å². The molecule has 7 nitrogen and oxygen atoms in total. The number of carbonyl (C=O) groups is 1. The second-order valence-electron chi connectivity index (χ2n) is 7.92. The molecule has 0 saturated carbocycles. The van der Waals surface area contributed by atoms with Crippen LogP contribution in [0.15, 0.2) is 34.5 Å². The molecule has 0 aromatic carbocycles. The van der Waals surface area contributed by atoms with Crippen LogP contribution in [0.2, 0.25) is 0 Å². The summed E-state index contributed by atoms with van der Waals surface area (Å²) in [6.07, 6.45) is 5.34. The largest absolute Gasteiger partial charge is 0.459 e. The van der Waals surface area contributed by atoms with E-state index in [1.54, 1.807) is 12.1 Å². The number of allylic oxidation sites excluding steroid dienone is 1. The Bertz CT molecular complexity index is 807. The van der Waals surface area contributed by atoms with Crippen LogP contribution in [0.3, 0.4) is 0 Å². The molecule has 0 aliphatic carbocycles. The highest BCUT2D eigenvalue weighted by atomic mass is 16.3. The standard InChI is InChI=1S/C21H31N5O2/c1-5-16(4)14-25-9-8-19-23-24-20(26(19)11-10-25)17(13-15(2)3)22-21(27)18-7-6-12-28-18/h5-7,12,15,17H,8-11,13-14H2,1-4H3,(H,22,27). The van der Waals surface area contributed by atoms with E-state index in [1.807, 2.05) is 0 Å². The Hall–Kier alpha value is -2.41. The van der Waals surface area contributed by atoms with Gasteiger partial charge in [-0.15, -0.1) is 10.2 Å². The van der Waals surface area contributed by atoms with Crippen molar-refractivity contribution in [3.05, 3.63) is 47.5 Å². The number of carbonyl (C=O) groups excluding carboxylic acids is 1. The van der Waals surface area contributed by atoms with Gasteiger partial charge in [0.05, 0.1) is 12.3 Å². The SMILES string of the molecule is CC=C(C)CN1CCc2nnc(C(CC(C)C)NC(=O)c3ccco3)n2CC1. The zero-order valence-electron chi connectivity index (χ0n) is 17.3. The molecule has 28 heavy (non-hydrogen) atoms.